The molecule has 0 aromatic carbocycles. The van der Waals surface area contributed by atoms with Gasteiger partial charge in [0, 0.05) is 6.54 Å². The van der Waals surface area contributed by atoms with Crippen molar-refractivity contribution in [3.8, 4) is 0 Å². The number of likely N-dealkylation sites (tertiary alicyclic amines) is 1. The Morgan fingerprint density at radius 2 is 1.70 bits per heavy atom. The normalized spacial score (nSPS) is 32.9. The maximum absolute atomic E-state index is 13.2. The first-order valence-electron chi connectivity index (χ1n) is 11.5. The first kappa shape index (κ1) is 23.6. The highest BCUT2D eigenvalue weighted by Crippen LogP contribution is 2.60. The van der Waals surface area contributed by atoms with E-state index < -0.39 is 13.9 Å². The zero-order valence-electron chi connectivity index (χ0n) is 20.8. The van der Waals surface area contributed by atoms with Crippen LogP contribution in [0, 0.1) is 29.1 Å². The van der Waals surface area contributed by atoms with Crippen LogP contribution in [0.25, 0.3) is 0 Å². The third-order valence-electron chi connectivity index (χ3n) is 8.19. The highest BCUT2D eigenvalue weighted by molar-refractivity contribution is 6.74. The quantitative estimate of drug-likeness (QED) is 0.493. The van der Waals surface area contributed by atoms with Crippen LogP contribution in [0.1, 0.15) is 55.4 Å². The lowest BCUT2D eigenvalue weighted by molar-refractivity contribution is 0.0119. The number of hydrogen-bond donors (Lipinski definition) is 0. The van der Waals surface area contributed by atoms with Crippen molar-refractivity contribution in [2.24, 2.45) is 29.1 Å². The summed E-state index contributed by atoms with van der Waals surface area (Å²) in [6.45, 7) is 23.3. The topological polar surface area (TPSA) is 38.8 Å². The van der Waals surface area contributed by atoms with Crippen LogP contribution < -0.4 is 0 Å². The summed E-state index contributed by atoms with van der Waals surface area (Å²) in [5.74, 6) is 1.83. The standard InChI is InChI=1S/C25H43NO3Si/c1-23(2,3)29-22(27)26-15-19-21(17-13-11-12-14-18(17)25(19,7)8)20(26)16-28-30(9,10)24(4,5)6/h11-14,17-21H,15-16H2,1-10H3/t17-,18?,19?,20+,21?/m0/s1. The van der Waals surface area contributed by atoms with Gasteiger partial charge in [0.1, 0.15) is 5.60 Å². The SMILES string of the molecule is CC(C)(C)OC(=O)N1CC2C([C@H]3C=CC=CC3C2(C)C)[C@H]1CO[Si](C)(C)C(C)(C)C. The molecular formula is C25H43NO3Si. The summed E-state index contributed by atoms with van der Waals surface area (Å²) < 4.78 is 12.5. The zero-order chi connectivity index (χ0) is 22.7. The summed E-state index contributed by atoms with van der Waals surface area (Å²) in [5, 5.41) is 0.146. The van der Waals surface area contributed by atoms with Crippen LogP contribution in [-0.4, -0.2) is 44.1 Å². The lowest BCUT2D eigenvalue weighted by atomic mass is 9.73. The average molecular weight is 434 g/mol. The Balaban J connectivity index is 1.92. The maximum Gasteiger partial charge on any atom is 0.410 e. The van der Waals surface area contributed by atoms with E-state index in [9.17, 15) is 4.79 Å². The molecule has 0 aromatic rings. The van der Waals surface area contributed by atoms with Crippen LogP contribution in [0.4, 0.5) is 4.79 Å². The fraction of sp³-hybridized carbons (Fsp3) is 0.800. The van der Waals surface area contributed by atoms with Gasteiger partial charge in [0.05, 0.1) is 12.6 Å². The molecule has 5 heteroatoms. The Kier molecular flexibility index (Phi) is 5.90. The number of allylic oxidation sites excluding steroid dienone is 4. The van der Waals surface area contributed by atoms with Crippen molar-refractivity contribution in [2.75, 3.05) is 13.2 Å². The Hall–Kier alpha value is -1.07. The molecule has 1 aliphatic heterocycles. The van der Waals surface area contributed by atoms with Crippen molar-refractivity contribution < 1.29 is 14.0 Å². The molecule has 0 bridgehead atoms. The second kappa shape index (κ2) is 7.51. The molecule has 4 nitrogen and oxygen atoms in total. The predicted molar refractivity (Wildman–Crippen MR) is 126 cm³/mol. The lowest BCUT2D eigenvalue weighted by Gasteiger charge is -2.40. The van der Waals surface area contributed by atoms with Crippen molar-refractivity contribution in [3.63, 3.8) is 0 Å². The largest absolute Gasteiger partial charge is 0.444 e. The van der Waals surface area contributed by atoms with E-state index in [0.717, 1.165) is 6.54 Å². The predicted octanol–water partition coefficient (Wildman–Crippen LogP) is 6.26. The summed E-state index contributed by atoms with van der Waals surface area (Å²) in [6.07, 6.45) is 8.93. The smallest absolute Gasteiger partial charge is 0.410 e. The Bertz CT molecular complexity index is 726. The molecule has 2 aliphatic carbocycles. The summed E-state index contributed by atoms with van der Waals surface area (Å²) in [4.78, 5) is 15.2. The van der Waals surface area contributed by atoms with E-state index in [0.29, 0.717) is 30.3 Å². The molecule has 0 N–H and O–H groups in total. The van der Waals surface area contributed by atoms with Crippen LogP contribution in [0.3, 0.4) is 0 Å². The van der Waals surface area contributed by atoms with Gasteiger partial charge in [-0.25, -0.2) is 4.79 Å². The van der Waals surface area contributed by atoms with Gasteiger partial charge in [-0.15, -0.1) is 0 Å². The van der Waals surface area contributed by atoms with E-state index in [1.54, 1.807) is 0 Å². The minimum absolute atomic E-state index is 0.0596. The van der Waals surface area contributed by atoms with Gasteiger partial charge < -0.3 is 14.1 Å². The average Bonchev–Trinajstić information content (AvgIpc) is 3.06. The van der Waals surface area contributed by atoms with Crippen LogP contribution in [0.2, 0.25) is 18.1 Å². The van der Waals surface area contributed by atoms with E-state index >= 15 is 0 Å². The fourth-order valence-corrected chi connectivity index (χ4v) is 6.45. The van der Waals surface area contributed by atoms with E-state index in [1.807, 2.05) is 25.7 Å². The minimum Gasteiger partial charge on any atom is -0.444 e. The molecule has 2 fully saturated rings. The molecule has 5 atom stereocenters. The molecule has 1 heterocycles. The molecule has 0 spiro atoms. The molecule has 30 heavy (non-hydrogen) atoms. The molecule has 3 rings (SSSR count). The van der Waals surface area contributed by atoms with E-state index in [4.69, 9.17) is 9.16 Å². The van der Waals surface area contributed by atoms with Crippen molar-refractivity contribution in [2.45, 2.75) is 85.2 Å². The van der Waals surface area contributed by atoms with Crippen LogP contribution in [0.5, 0.6) is 0 Å². The van der Waals surface area contributed by atoms with Gasteiger partial charge in [0.2, 0.25) is 0 Å². The number of nitrogens with zero attached hydrogens (tertiary/aromatic N) is 1. The van der Waals surface area contributed by atoms with Gasteiger partial charge in [-0.1, -0.05) is 58.9 Å². The minimum atomic E-state index is -1.92. The zero-order valence-corrected chi connectivity index (χ0v) is 21.8. The molecule has 170 valence electrons. The Labute approximate surface area is 185 Å². The third kappa shape index (κ3) is 4.16. The number of carbonyl (C=O) groups is 1. The summed E-state index contributed by atoms with van der Waals surface area (Å²) >= 11 is 0. The summed E-state index contributed by atoms with van der Waals surface area (Å²) in [7, 11) is -1.92. The number of fused-ring (bicyclic) bond motifs is 3. The van der Waals surface area contributed by atoms with Gasteiger partial charge in [0.25, 0.3) is 0 Å². The maximum atomic E-state index is 13.2. The van der Waals surface area contributed by atoms with Crippen LogP contribution in [0.15, 0.2) is 24.3 Å². The molecule has 0 radical (unpaired) electrons. The number of rotatable bonds is 3. The van der Waals surface area contributed by atoms with Gasteiger partial charge in [-0.3, -0.25) is 0 Å². The molecule has 0 aromatic heterocycles. The van der Waals surface area contributed by atoms with E-state index in [1.165, 1.54) is 0 Å². The monoisotopic (exact) mass is 433 g/mol. The fourth-order valence-electron chi connectivity index (χ4n) is 5.43. The third-order valence-corrected chi connectivity index (χ3v) is 12.7. The first-order valence-corrected chi connectivity index (χ1v) is 14.5. The van der Waals surface area contributed by atoms with Gasteiger partial charge in [-0.05, 0) is 68.0 Å². The Morgan fingerprint density at radius 3 is 2.27 bits per heavy atom. The first-order chi connectivity index (χ1) is 13.6. The number of ether oxygens (including phenoxy) is 1. The Morgan fingerprint density at radius 1 is 1.10 bits per heavy atom. The van der Waals surface area contributed by atoms with E-state index in [2.05, 4.69) is 72.0 Å². The summed E-state index contributed by atoms with van der Waals surface area (Å²) in [6, 6.07) is 0.0596. The summed E-state index contributed by atoms with van der Waals surface area (Å²) in [5.41, 5.74) is -0.353. The van der Waals surface area contributed by atoms with Gasteiger partial charge in [-0.2, -0.15) is 0 Å². The molecule has 1 saturated heterocycles. The van der Waals surface area contributed by atoms with Gasteiger partial charge in [0.15, 0.2) is 8.32 Å². The van der Waals surface area contributed by atoms with Crippen LogP contribution >= 0.6 is 0 Å². The molecule has 3 unspecified atom stereocenters. The lowest BCUT2D eigenvalue weighted by Crippen LogP contribution is -2.49. The van der Waals surface area contributed by atoms with Crippen molar-refractivity contribution in [1.82, 2.24) is 4.90 Å². The van der Waals surface area contributed by atoms with Crippen molar-refractivity contribution >= 4 is 14.4 Å². The van der Waals surface area contributed by atoms with Crippen molar-refractivity contribution in [3.05, 3.63) is 24.3 Å². The highest BCUT2D eigenvalue weighted by Gasteiger charge is 2.62. The second-order valence-electron chi connectivity index (χ2n) is 12.6. The number of amides is 1. The van der Waals surface area contributed by atoms with E-state index in [-0.39, 0.29) is 22.6 Å². The molecule has 1 saturated carbocycles. The molecular weight excluding hydrogens is 390 g/mol. The molecule has 3 aliphatic rings. The highest BCUT2D eigenvalue weighted by atomic mass is 28.4. The number of hydrogen-bond acceptors (Lipinski definition) is 3. The number of carbonyl (C=O) groups excluding carboxylic acids is 1. The van der Waals surface area contributed by atoms with Gasteiger partial charge >= 0.3 is 6.09 Å². The second-order valence-corrected chi connectivity index (χ2v) is 17.5. The molecule has 1 amide bonds. The van der Waals surface area contributed by atoms with Crippen molar-refractivity contribution in [1.29, 1.82) is 0 Å². The van der Waals surface area contributed by atoms with Crippen LogP contribution in [-0.2, 0) is 9.16 Å².